The van der Waals surface area contributed by atoms with Gasteiger partial charge in [0.25, 0.3) is 0 Å². The fourth-order valence-electron chi connectivity index (χ4n) is 12.7. The normalized spacial score (nSPS) is 37.3. The Morgan fingerprint density at radius 2 is 1.65 bits per heavy atom. The molecule has 51 heavy (non-hydrogen) atoms. The Balaban J connectivity index is 1.21. The van der Waals surface area contributed by atoms with Crippen LogP contribution in [0.4, 0.5) is 0 Å². The number of carbonyl (C=O) groups is 3. The molecular formula is C42H57N3O6. The molecule has 9 nitrogen and oxygen atoms in total. The number of Topliss-reactive ketones (excluding diaryl/α,β-unsaturated/α-hetero) is 1. The van der Waals surface area contributed by atoms with Gasteiger partial charge in [-0.05, 0) is 128 Å². The minimum absolute atomic E-state index is 0.0166. The SMILES string of the molecule is CC(C)C1=C2C3CCC4C5(C)CCC(OC(=O)CC(C)(C)C(=O)O)C(C)(C)C5CCC4(C)C3(C)CCC2(c2nnc(-c3ccncc3)o2)CC1=O. The lowest BCUT2D eigenvalue weighted by atomic mass is 9.33. The van der Waals surface area contributed by atoms with E-state index in [1.54, 1.807) is 26.2 Å². The summed E-state index contributed by atoms with van der Waals surface area (Å²) in [5.41, 5.74) is 1.23. The van der Waals surface area contributed by atoms with Crippen molar-refractivity contribution in [3.63, 3.8) is 0 Å². The van der Waals surface area contributed by atoms with Crippen molar-refractivity contribution in [1.82, 2.24) is 15.2 Å². The first-order valence-electron chi connectivity index (χ1n) is 19.3. The summed E-state index contributed by atoms with van der Waals surface area (Å²) in [7, 11) is 0. The van der Waals surface area contributed by atoms with E-state index in [1.165, 1.54) is 5.57 Å². The predicted molar refractivity (Wildman–Crippen MR) is 192 cm³/mol. The summed E-state index contributed by atoms with van der Waals surface area (Å²) < 4.78 is 12.7. The van der Waals surface area contributed by atoms with Crippen molar-refractivity contribution in [2.24, 2.45) is 50.7 Å². The molecule has 5 aliphatic rings. The molecule has 0 amide bonds. The van der Waals surface area contributed by atoms with Crippen LogP contribution in [0.1, 0.15) is 132 Å². The van der Waals surface area contributed by atoms with E-state index in [0.717, 1.165) is 62.5 Å². The van der Waals surface area contributed by atoms with Crippen molar-refractivity contribution >= 4 is 17.7 Å². The molecule has 9 heteroatoms. The maximum atomic E-state index is 14.1. The van der Waals surface area contributed by atoms with Crippen LogP contribution in [0.3, 0.4) is 0 Å². The van der Waals surface area contributed by atoms with Crippen LogP contribution in [-0.4, -0.2) is 44.1 Å². The second kappa shape index (κ2) is 11.8. The summed E-state index contributed by atoms with van der Waals surface area (Å²) in [6, 6.07) is 3.75. The molecule has 2 aromatic rings. The summed E-state index contributed by atoms with van der Waals surface area (Å²) in [6.45, 7) is 19.6. The van der Waals surface area contributed by atoms with Gasteiger partial charge in [0.2, 0.25) is 11.8 Å². The zero-order chi connectivity index (χ0) is 36.9. The molecule has 4 saturated carbocycles. The lowest BCUT2D eigenvalue weighted by molar-refractivity contribution is -0.232. The average Bonchev–Trinajstić information content (AvgIpc) is 3.67. The third kappa shape index (κ3) is 5.13. The van der Waals surface area contributed by atoms with E-state index < -0.39 is 22.8 Å². The van der Waals surface area contributed by atoms with Gasteiger partial charge < -0.3 is 14.3 Å². The second-order valence-corrected chi connectivity index (χ2v) is 19.1. The van der Waals surface area contributed by atoms with Crippen LogP contribution in [0.15, 0.2) is 40.1 Å². The molecule has 8 atom stereocenters. The molecule has 0 saturated heterocycles. The Kier molecular flexibility index (Phi) is 8.35. The van der Waals surface area contributed by atoms with E-state index in [0.29, 0.717) is 30.0 Å². The molecule has 0 bridgehead atoms. The minimum atomic E-state index is -1.16. The van der Waals surface area contributed by atoms with Crippen molar-refractivity contribution in [3.05, 3.63) is 41.6 Å². The highest BCUT2D eigenvalue weighted by Gasteiger charge is 2.71. The standard InChI is InChI=1S/C42H57N3O6/c1-24(2)32-27(46)22-42(35-45-44-34(51-35)25-14-20-43-21-15-25)19-18-40(8)26(33(32)42)10-11-29-39(7)16-13-30(50-31(47)23-37(3,4)36(48)49)38(5,6)28(39)12-17-41(29,40)9/h14-15,20-21,24,26,28-30H,10-13,16-19,22-23H2,1-9H3,(H,48,49). The van der Waals surface area contributed by atoms with Crippen molar-refractivity contribution in [1.29, 1.82) is 0 Å². The summed E-state index contributed by atoms with van der Waals surface area (Å²) in [6.07, 6.45) is 11.3. The third-order valence-corrected chi connectivity index (χ3v) is 15.6. The Hall–Kier alpha value is -3.36. The molecule has 8 unspecified atom stereocenters. The van der Waals surface area contributed by atoms with Crippen LogP contribution in [0.25, 0.3) is 11.5 Å². The van der Waals surface area contributed by atoms with Gasteiger partial charge in [-0.1, -0.05) is 48.5 Å². The Morgan fingerprint density at radius 1 is 0.941 bits per heavy atom. The van der Waals surface area contributed by atoms with Crippen molar-refractivity contribution in [3.8, 4) is 11.5 Å². The van der Waals surface area contributed by atoms with Gasteiger partial charge in [-0.15, -0.1) is 10.2 Å². The van der Waals surface area contributed by atoms with Crippen LogP contribution < -0.4 is 0 Å². The van der Waals surface area contributed by atoms with Gasteiger partial charge in [0.15, 0.2) is 5.78 Å². The van der Waals surface area contributed by atoms with E-state index in [-0.39, 0.29) is 51.8 Å². The number of esters is 1. The number of carboxylic acids is 1. The molecule has 0 spiro atoms. The largest absolute Gasteiger partial charge is 0.481 e. The first-order valence-corrected chi connectivity index (χ1v) is 19.3. The van der Waals surface area contributed by atoms with Crippen LogP contribution in [0, 0.1) is 50.7 Å². The Bertz CT molecular complexity index is 1780. The van der Waals surface area contributed by atoms with Crippen molar-refractivity contribution in [2.75, 3.05) is 0 Å². The van der Waals surface area contributed by atoms with Gasteiger partial charge in [0, 0.05) is 29.8 Å². The molecule has 276 valence electrons. The maximum Gasteiger partial charge on any atom is 0.309 e. The number of aliphatic carboxylic acids is 1. The molecule has 5 aliphatic carbocycles. The maximum absolute atomic E-state index is 14.1. The van der Waals surface area contributed by atoms with E-state index in [9.17, 15) is 19.5 Å². The van der Waals surface area contributed by atoms with E-state index in [1.807, 2.05) is 12.1 Å². The molecule has 4 fully saturated rings. The number of carbonyl (C=O) groups excluding carboxylic acids is 2. The van der Waals surface area contributed by atoms with Gasteiger partial charge in [0.1, 0.15) is 6.10 Å². The highest BCUT2D eigenvalue weighted by molar-refractivity contribution is 6.01. The van der Waals surface area contributed by atoms with Gasteiger partial charge in [0.05, 0.1) is 17.3 Å². The number of pyridine rings is 1. The van der Waals surface area contributed by atoms with Gasteiger partial charge in [-0.2, -0.15) is 0 Å². The predicted octanol–water partition coefficient (Wildman–Crippen LogP) is 8.78. The smallest absolute Gasteiger partial charge is 0.309 e. The molecule has 0 radical (unpaired) electrons. The number of hydrogen-bond acceptors (Lipinski definition) is 8. The minimum Gasteiger partial charge on any atom is -0.481 e. The molecule has 2 heterocycles. The molecule has 2 aromatic heterocycles. The average molecular weight is 700 g/mol. The van der Waals surface area contributed by atoms with Crippen LogP contribution in [0.5, 0.6) is 0 Å². The van der Waals surface area contributed by atoms with E-state index >= 15 is 0 Å². The number of nitrogens with zero attached hydrogens (tertiary/aromatic N) is 3. The number of ether oxygens (including phenoxy) is 1. The first-order chi connectivity index (χ1) is 23.8. The van der Waals surface area contributed by atoms with Crippen LogP contribution in [-0.2, 0) is 24.5 Å². The first kappa shape index (κ1) is 36.0. The van der Waals surface area contributed by atoms with Gasteiger partial charge in [-0.3, -0.25) is 19.4 Å². The van der Waals surface area contributed by atoms with Crippen LogP contribution >= 0.6 is 0 Å². The van der Waals surface area contributed by atoms with Gasteiger partial charge >= 0.3 is 11.9 Å². The highest BCUT2D eigenvalue weighted by Crippen LogP contribution is 2.76. The number of carboxylic acid groups (broad SMARTS) is 1. The fraction of sp³-hybridized carbons (Fsp3) is 0.714. The monoisotopic (exact) mass is 699 g/mol. The summed E-state index contributed by atoms with van der Waals surface area (Å²) in [4.78, 5) is 43.1. The number of hydrogen-bond donors (Lipinski definition) is 1. The number of allylic oxidation sites excluding steroid dienone is 2. The Morgan fingerprint density at radius 3 is 2.31 bits per heavy atom. The molecule has 0 aromatic carbocycles. The highest BCUT2D eigenvalue weighted by atomic mass is 16.5. The van der Waals surface area contributed by atoms with Crippen molar-refractivity contribution in [2.45, 2.75) is 138 Å². The lowest BCUT2D eigenvalue weighted by Gasteiger charge is -2.72. The third-order valence-electron chi connectivity index (χ3n) is 15.6. The number of ketones is 1. The zero-order valence-electron chi connectivity index (χ0n) is 32.1. The number of fused-ring (bicyclic) bond motifs is 7. The molecule has 0 aliphatic heterocycles. The fourth-order valence-corrected chi connectivity index (χ4v) is 12.7. The number of rotatable bonds is 7. The Labute approximate surface area is 302 Å². The van der Waals surface area contributed by atoms with E-state index in [2.05, 4.69) is 63.6 Å². The van der Waals surface area contributed by atoms with Gasteiger partial charge in [-0.25, -0.2) is 0 Å². The summed E-state index contributed by atoms with van der Waals surface area (Å²) >= 11 is 0. The lowest BCUT2D eigenvalue weighted by Crippen LogP contribution is -2.66. The quantitative estimate of drug-likeness (QED) is 0.282. The molecule has 1 N–H and O–H groups in total. The van der Waals surface area contributed by atoms with Crippen molar-refractivity contribution < 1.29 is 28.6 Å². The summed E-state index contributed by atoms with van der Waals surface area (Å²) in [5, 5.41) is 18.8. The number of aromatic nitrogens is 3. The summed E-state index contributed by atoms with van der Waals surface area (Å²) in [5.74, 6) is 1.09. The second-order valence-electron chi connectivity index (χ2n) is 19.1. The molecule has 7 rings (SSSR count). The topological polar surface area (TPSA) is 132 Å². The van der Waals surface area contributed by atoms with E-state index in [4.69, 9.17) is 9.15 Å². The molecular weight excluding hydrogens is 642 g/mol. The zero-order valence-corrected chi connectivity index (χ0v) is 32.1. The van der Waals surface area contributed by atoms with Crippen LogP contribution in [0.2, 0.25) is 0 Å².